The van der Waals surface area contributed by atoms with Gasteiger partial charge in [-0.15, -0.1) is 0 Å². The molecule has 3 heteroatoms. The van der Waals surface area contributed by atoms with Crippen LogP contribution in [0.3, 0.4) is 0 Å². The summed E-state index contributed by atoms with van der Waals surface area (Å²) in [5, 5.41) is 0. The molecule has 0 aromatic heterocycles. The van der Waals surface area contributed by atoms with Crippen LogP contribution in [0.2, 0.25) is 0 Å². The molecular formula is C14H26N2O. The van der Waals surface area contributed by atoms with E-state index in [4.69, 9.17) is 5.73 Å². The smallest absolute Gasteiger partial charge is 0.225 e. The van der Waals surface area contributed by atoms with E-state index in [0.29, 0.717) is 11.9 Å². The maximum Gasteiger partial charge on any atom is 0.225 e. The van der Waals surface area contributed by atoms with Crippen LogP contribution < -0.4 is 5.73 Å². The summed E-state index contributed by atoms with van der Waals surface area (Å²) in [6.07, 6.45) is 6.94. The van der Waals surface area contributed by atoms with Crippen LogP contribution in [0.4, 0.5) is 0 Å². The fourth-order valence-electron chi connectivity index (χ4n) is 3.35. The maximum absolute atomic E-state index is 12.3. The van der Waals surface area contributed by atoms with Crippen molar-refractivity contribution in [3.63, 3.8) is 0 Å². The van der Waals surface area contributed by atoms with Gasteiger partial charge in [0.05, 0.1) is 0 Å². The Morgan fingerprint density at radius 1 is 1.35 bits per heavy atom. The summed E-state index contributed by atoms with van der Waals surface area (Å²) >= 11 is 0. The van der Waals surface area contributed by atoms with E-state index in [0.717, 1.165) is 31.7 Å². The maximum atomic E-state index is 12.3. The molecule has 0 aromatic rings. The van der Waals surface area contributed by atoms with Gasteiger partial charge in [-0.1, -0.05) is 13.3 Å². The first-order chi connectivity index (χ1) is 8.08. The summed E-state index contributed by atoms with van der Waals surface area (Å²) < 4.78 is 0. The molecule has 2 aliphatic rings. The molecule has 2 rings (SSSR count). The summed E-state index contributed by atoms with van der Waals surface area (Å²) in [7, 11) is 0. The number of rotatable bonds is 5. The normalized spacial score (nSPS) is 30.6. The van der Waals surface area contributed by atoms with E-state index in [1.807, 2.05) is 6.92 Å². The van der Waals surface area contributed by atoms with Gasteiger partial charge in [0.25, 0.3) is 0 Å². The molecule has 2 bridgehead atoms. The van der Waals surface area contributed by atoms with Crippen LogP contribution in [-0.4, -0.2) is 29.4 Å². The van der Waals surface area contributed by atoms with Crippen LogP contribution in [0.25, 0.3) is 0 Å². The van der Waals surface area contributed by atoms with E-state index in [2.05, 4.69) is 11.8 Å². The largest absolute Gasteiger partial charge is 0.339 e. The van der Waals surface area contributed by atoms with Crippen molar-refractivity contribution in [1.82, 2.24) is 4.90 Å². The number of nitrogens with zero attached hydrogens (tertiary/aromatic N) is 1. The van der Waals surface area contributed by atoms with Crippen molar-refractivity contribution in [2.75, 3.05) is 6.54 Å². The fourth-order valence-corrected chi connectivity index (χ4v) is 3.35. The van der Waals surface area contributed by atoms with Crippen LogP contribution in [0, 0.1) is 11.8 Å². The van der Waals surface area contributed by atoms with Crippen molar-refractivity contribution in [3.8, 4) is 0 Å². The number of piperidine rings is 1. The molecule has 0 aromatic carbocycles. The van der Waals surface area contributed by atoms with E-state index < -0.39 is 0 Å². The number of nitrogens with two attached hydrogens (primary N) is 1. The van der Waals surface area contributed by atoms with Gasteiger partial charge >= 0.3 is 0 Å². The van der Waals surface area contributed by atoms with Crippen LogP contribution >= 0.6 is 0 Å². The highest BCUT2D eigenvalue weighted by Crippen LogP contribution is 2.38. The van der Waals surface area contributed by atoms with Crippen molar-refractivity contribution in [1.29, 1.82) is 0 Å². The molecule has 4 unspecified atom stereocenters. The van der Waals surface area contributed by atoms with Gasteiger partial charge in [-0.3, -0.25) is 4.79 Å². The average Bonchev–Trinajstić information content (AvgIpc) is 2.88. The van der Waals surface area contributed by atoms with Crippen molar-refractivity contribution < 1.29 is 4.79 Å². The molecule has 1 aliphatic heterocycles. The third-order valence-electron chi connectivity index (χ3n) is 4.41. The lowest BCUT2D eigenvalue weighted by Gasteiger charge is -2.29. The van der Waals surface area contributed by atoms with Crippen LogP contribution in [0.5, 0.6) is 0 Å². The highest BCUT2D eigenvalue weighted by atomic mass is 16.2. The lowest BCUT2D eigenvalue weighted by atomic mass is 9.99. The first-order valence-electron chi connectivity index (χ1n) is 7.14. The van der Waals surface area contributed by atoms with Gasteiger partial charge in [0, 0.05) is 24.5 Å². The third kappa shape index (κ3) is 3.01. The van der Waals surface area contributed by atoms with E-state index >= 15 is 0 Å². The Labute approximate surface area is 105 Å². The minimum Gasteiger partial charge on any atom is -0.339 e. The quantitative estimate of drug-likeness (QED) is 0.797. The Bertz CT molecular complexity index is 277. The first kappa shape index (κ1) is 12.9. The van der Waals surface area contributed by atoms with Crippen molar-refractivity contribution >= 4 is 5.91 Å². The number of amides is 1. The monoisotopic (exact) mass is 238 g/mol. The Morgan fingerprint density at radius 3 is 2.65 bits per heavy atom. The lowest BCUT2D eigenvalue weighted by Crippen LogP contribution is -2.40. The van der Waals surface area contributed by atoms with Crippen molar-refractivity contribution in [2.45, 2.75) is 64.5 Å². The molecule has 1 aliphatic carbocycles. The van der Waals surface area contributed by atoms with Gasteiger partial charge in [0.2, 0.25) is 5.91 Å². The molecular weight excluding hydrogens is 212 g/mol. The topological polar surface area (TPSA) is 46.3 Å². The predicted molar refractivity (Wildman–Crippen MR) is 69.5 cm³/mol. The molecule has 4 atom stereocenters. The van der Waals surface area contributed by atoms with Gasteiger partial charge in [0.15, 0.2) is 0 Å². The molecule has 1 amide bonds. The summed E-state index contributed by atoms with van der Waals surface area (Å²) in [5.41, 5.74) is 5.73. The zero-order valence-electron chi connectivity index (χ0n) is 11.2. The average molecular weight is 238 g/mol. The Morgan fingerprint density at radius 2 is 2.12 bits per heavy atom. The van der Waals surface area contributed by atoms with Crippen LogP contribution in [-0.2, 0) is 4.79 Å². The summed E-state index contributed by atoms with van der Waals surface area (Å²) in [5.74, 6) is 1.38. The molecule has 1 heterocycles. The number of carbonyl (C=O) groups is 1. The molecule has 98 valence electrons. The minimum absolute atomic E-state index is 0.188. The zero-order chi connectivity index (χ0) is 12.4. The number of fused-ring (bicyclic) bond motifs is 2. The summed E-state index contributed by atoms with van der Waals surface area (Å²) in [6, 6.07) is 0.837. The van der Waals surface area contributed by atoms with E-state index in [-0.39, 0.29) is 12.0 Å². The molecule has 0 spiro atoms. The van der Waals surface area contributed by atoms with Crippen molar-refractivity contribution in [3.05, 3.63) is 0 Å². The Balaban J connectivity index is 1.75. The molecule has 17 heavy (non-hydrogen) atoms. The number of hydrogen-bond acceptors (Lipinski definition) is 2. The zero-order valence-corrected chi connectivity index (χ0v) is 11.2. The number of carbonyl (C=O) groups excluding carboxylic acids is 1. The molecule has 2 fully saturated rings. The summed E-state index contributed by atoms with van der Waals surface area (Å²) in [6.45, 7) is 5.14. The van der Waals surface area contributed by atoms with Crippen molar-refractivity contribution in [2.24, 2.45) is 17.6 Å². The standard InChI is InChI=1S/C14H26N2O/c1-10(4-3-5-11(2)15)14(17)16-9-12-6-7-13(16)8-12/h10-13H,3-9,15H2,1-2H3. The second-order valence-corrected chi connectivity index (χ2v) is 6.13. The highest BCUT2D eigenvalue weighted by Gasteiger charge is 2.40. The molecule has 1 saturated heterocycles. The van der Waals surface area contributed by atoms with Crippen LogP contribution in [0.1, 0.15) is 52.4 Å². The second-order valence-electron chi connectivity index (χ2n) is 6.13. The predicted octanol–water partition coefficient (Wildman–Crippen LogP) is 2.15. The van der Waals surface area contributed by atoms with Gasteiger partial charge in [0.1, 0.15) is 0 Å². The number of hydrogen-bond donors (Lipinski definition) is 1. The van der Waals surface area contributed by atoms with Gasteiger partial charge < -0.3 is 10.6 Å². The minimum atomic E-state index is 0.188. The molecule has 1 saturated carbocycles. The molecule has 2 N–H and O–H groups in total. The van der Waals surface area contributed by atoms with E-state index in [1.165, 1.54) is 19.3 Å². The number of likely N-dealkylation sites (tertiary alicyclic amines) is 1. The lowest BCUT2D eigenvalue weighted by molar-refractivity contribution is -0.136. The Hall–Kier alpha value is -0.570. The Kier molecular flexibility index (Phi) is 4.08. The van der Waals surface area contributed by atoms with E-state index in [9.17, 15) is 4.79 Å². The molecule has 0 radical (unpaired) electrons. The van der Waals surface area contributed by atoms with Gasteiger partial charge in [-0.2, -0.15) is 0 Å². The SMILES string of the molecule is CC(N)CCCC(C)C(=O)N1CC2CCC1C2. The fraction of sp³-hybridized carbons (Fsp3) is 0.929. The highest BCUT2D eigenvalue weighted by molar-refractivity contribution is 5.79. The molecule has 3 nitrogen and oxygen atoms in total. The third-order valence-corrected chi connectivity index (χ3v) is 4.41. The van der Waals surface area contributed by atoms with Crippen LogP contribution in [0.15, 0.2) is 0 Å². The second kappa shape index (κ2) is 5.38. The van der Waals surface area contributed by atoms with E-state index in [1.54, 1.807) is 0 Å². The summed E-state index contributed by atoms with van der Waals surface area (Å²) in [4.78, 5) is 14.5. The van der Waals surface area contributed by atoms with Gasteiger partial charge in [-0.25, -0.2) is 0 Å². The van der Waals surface area contributed by atoms with Gasteiger partial charge in [-0.05, 0) is 44.9 Å². The first-order valence-corrected chi connectivity index (χ1v) is 7.14.